The van der Waals surface area contributed by atoms with Crippen molar-refractivity contribution in [2.24, 2.45) is 0 Å². The predicted octanol–water partition coefficient (Wildman–Crippen LogP) is 1.62. The van der Waals surface area contributed by atoms with Gasteiger partial charge in [-0.2, -0.15) is 0 Å². The number of nitrogen functional groups attached to an aromatic ring is 1. The van der Waals surface area contributed by atoms with Gasteiger partial charge in [-0.15, -0.1) is 0 Å². The van der Waals surface area contributed by atoms with Crippen LogP contribution in [0, 0.1) is 6.92 Å². The van der Waals surface area contributed by atoms with E-state index in [4.69, 9.17) is 5.73 Å². The normalized spacial score (nSPS) is 10.2. The lowest BCUT2D eigenvalue weighted by atomic mass is 10.1. The number of benzene rings is 1. The van der Waals surface area contributed by atoms with E-state index in [2.05, 4.69) is 15.3 Å². The number of carbonyl (C=O) groups excluding carboxylic acids is 1. The lowest BCUT2D eigenvalue weighted by molar-refractivity contribution is -0.121. The number of nitrogens with two attached hydrogens (primary N) is 1. The zero-order chi connectivity index (χ0) is 14.4. The van der Waals surface area contributed by atoms with Crippen molar-refractivity contribution in [3.05, 3.63) is 53.6 Å². The molecule has 5 heteroatoms. The summed E-state index contributed by atoms with van der Waals surface area (Å²) in [6, 6.07) is 7.56. The maximum absolute atomic E-state index is 11.7. The Bertz CT molecular complexity index is 512. The van der Waals surface area contributed by atoms with E-state index in [9.17, 15) is 4.79 Å². The van der Waals surface area contributed by atoms with Gasteiger partial charge in [0.1, 0.15) is 0 Å². The van der Waals surface area contributed by atoms with E-state index < -0.39 is 0 Å². The van der Waals surface area contributed by atoms with E-state index in [0.29, 0.717) is 19.4 Å². The van der Waals surface area contributed by atoms with Crippen LogP contribution in [0.15, 0.2) is 36.7 Å². The molecule has 2 rings (SSSR count). The highest BCUT2D eigenvalue weighted by Gasteiger charge is 2.03. The number of hydrogen-bond donors (Lipinski definition) is 2. The second-order valence-electron chi connectivity index (χ2n) is 4.67. The van der Waals surface area contributed by atoms with Gasteiger partial charge in [0.15, 0.2) is 0 Å². The minimum Gasteiger partial charge on any atom is -0.399 e. The highest BCUT2D eigenvalue weighted by molar-refractivity contribution is 5.76. The Labute approximate surface area is 118 Å². The van der Waals surface area contributed by atoms with Crippen molar-refractivity contribution in [3.63, 3.8) is 0 Å². The van der Waals surface area contributed by atoms with Gasteiger partial charge in [-0.3, -0.25) is 14.8 Å². The van der Waals surface area contributed by atoms with Crippen LogP contribution in [0.3, 0.4) is 0 Å². The highest BCUT2D eigenvalue weighted by Crippen LogP contribution is 2.07. The first-order valence-electron chi connectivity index (χ1n) is 6.52. The van der Waals surface area contributed by atoms with Crippen LogP contribution in [-0.2, 0) is 17.8 Å². The molecule has 0 aliphatic carbocycles. The fourth-order valence-corrected chi connectivity index (χ4v) is 1.73. The van der Waals surface area contributed by atoms with Gasteiger partial charge < -0.3 is 11.1 Å². The standard InChI is InChI=1S/C15H18N4O/c1-11-8-18-14(9-17-11)10-19-15(20)7-4-12-2-5-13(16)6-3-12/h2-3,5-6,8-9H,4,7,10,16H2,1H3,(H,19,20). The summed E-state index contributed by atoms with van der Waals surface area (Å²) < 4.78 is 0. The van der Waals surface area contributed by atoms with Gasteiger partial charge in [0.25, 0.3) is 0 Å². The number of rotatable bonds is 5. The second-order valence-corrected chi connectivity index (χ2v) is 4.67. The number of nitrogens with one attached hydrogen (secondary N) is 1. The Hall–Kier alpha value is -2.43. The third-order valence-electron chi connectivity index (χ3n) is 2.92. The number of aromatic nitrogens is 2. The minimum atomic E-state index is 0.00389. The maximum atomic E-state index is 11.7. The van der Waals surface area contributed by atoms with Crippen molar-refractivity contribution in [3.8, 4) is 0 Å². The second kappa shape index (κ2) is 6.65. The molecule has 3 N–H and O–H groups in total. The summed E-state index contributed by atoms with van der Waals surface area (Å²) in [6.45, 7) is 2.29. The minimum absolute atomic E-state index is 0.00389. The molecule has 0 radical (unpaired) electrons. The highest BCUT2D eigenvalue weighted by atomic mass is 16.1. The van der Waals surface area contributed by atoms with Crippen LogP contribution in [0.1, 0.15) is 23.4 Å². The Morgan fingerprint density at radius 1 is 1.20 bits per heavy atom. The van der Waals surface area contributed by atoms with E-state index in [1.165, 1.54) is 0 Å². The van der Waals surface area contributed by atoms with Gasteiger partial charge in [-0.05, 0) is 31.0 Å². The summed E-state index contributed by atoms with van der Waals surface area (Å²) in [5.74, 6) is 0.00389. The number of nitrogens with zero attached hydrogens (tertiary/aromatic N) is 2. The van der Waals surface area contributed by atoms with Crippen molar-refractivity contribution in [2.75, 3.05) is 5.73 Å². The van der Waals surface area contributed by atoms with Gasteiger partial charge in [0.2, 0.25) is 5.91 Å². The monoisotopic (exact) mass is 270 g/mol. The molecule has 1 heterocycles. The molecule has 20 heavy (non-hydrogen) atoms. The molecule has 0 fully saturated rings. The molecule has 0 unspecified atom stereocenters. The number of anilines is 1. The Kier molecular flexibility index (Phi) is 4.65. The molecule has 104 valence electrons. The van der Waals surface area contributed by atoms with Crippen LogP contribution in [0.5, 0.6) is 0 Å². The van der Waals surface area contributed by atoms with E-state index in [0.717, 1.165) is 22.6 Å². The number of amides is 1. The Morgan fingerprint density at radius 3 is 2.60 bits per heavy atom. The summed E-state index contributed by atoms with van der Waals surface area (Å²) in [4.78, 5) is 20.1. The largest absolute Gasteiger partial charge is 0.399 e. The fourth-order valence-electron chi connectivity index (χ4n) is 1.73. The molecule has 0 aliphatic rings. The zero-order valence-electron chi connectivity index (χ0n) is 11.5. The SMILES string of the molecule is Cc1cnc(CNC(=O)CCc2ccc(N)cc2)cn1. The molecule has 0 atom stereocenters. The van der Waals surface area contributed by atoms with Crippen molar-refractivity contribution in [1.29, 1.82) is 0 Å². The average molecular weight is 270 g/mol. The summed E-state index contributed by atoms with van der Waals surface area (Å²) in [5.41, 5.74) is 9.07. The number of aryl methyl sites for hydroxylation is 2. The molecule has 1 amide bonds. The molecule has 0 saturated carbocycles. The molecule has 1 aromatic heterocycles. The summed E-state index contributed by atoms with van der Waals surface area (Å²) in [7, 11) is 0. The third kappa shape index (κ3) is 4.35. The van der Waals surface area contributed by atoms with Gasteiger partial charge >= 0.3 is 0 Å². The van der Waals surface area contributed by atoms with E-state index in [1.54, 1.807) is 12.4 Å². The summed E-state index contributed by atoms with van der Waals surface area (Å²) in [5, 5.41) is 2.83. The maximum Gasteiger partial charge on any atom is 0.220 e. The number of hydrogen-bond acceptors (Lipinski definition) is 4. The average Bonchev–Trinajstić information content (AvgIpc) is 2.46. The summed E-state index contributed by atoms with van der Waals surface area (Å²) in [6.07, 6.45) is 4.51. The molecule has 0 spiro atoms. The lowest BCUT2D eigenvalue weighted by Crippen LogP contribution is -2.23. The van der Waals surface area contributed by atoms with Gasteiger partial charge in [0.05, 0.1) is 24.1 Å². The smallest absolute Gasteiger partial charge is 0.220 e. The molecular formula is C15H18N4O. The van der Waals surface area contributed by atoms with Crippen molar-refractivity contribution < 1.29 is 4.79 Å². The first-order chi connectivity index (χ1) is 9.63. The first-order valence-corrected chi connectivity index (χ1v) is 6.52. The van der Waals surface area contributed by atoms with Gasteiger partial charge in [-0.25, -0.2) is 0 Å². The molecular weight excluding hydrogens is 252 g/mol. The lowest BCUT2D eigenvalue weighted by Gasteiger charge is -2.05. The molecule has 0 bridgehead atoms. The van der Waals surface area contributed by atoms with E-state index >= 15 is 0 Å². The molecule has 1 aromatic carbocycles. The van der Waals surface area contributed by atoms with Crippen LogP contribution in [0.4, 0.5) is 5.69 Å². The van der Waals surface area contributed by atoms with Crippen LogP contribution in [0.2, 0.25) is 0 Å². The van der Waals surface area contributed by atoms with Gasteiger partial charge in [0, 0.05) is 18.3 Å². The zero-order valence-corrected chi connectivity index (χ0v) is 11.5. The van der Waals surface area contributed by atoms with Gasteiger partial charge in [-0.1, -0.05) is 12.1 Å². The van der Waals surface area contributed by atoms with Crippen molar-refractivity contribution in [2.45, 2.75) is 26.3 Å². The molecule has 0 aliphatic heterocycles. The van der Waals surface area contributed by atoms with E-state index in [1.807, 2.05) is 31.2 Å². The summed E-state index contributed by atoms with van der Waals surface area (Å²) >= 11 is 0. The van der Waals surface area contributed by atoms with Crippen molar-refractivity contribution in [1.82, 2.24) is 15.3 Å². The van der Waals surface area contributed by atoms with Crippen LogP contribution < -0.4 is 11.1 Å². The molecule has 5 nitrogen and oxygen atoms in total. The van der Waals surface area contributed by atoms with Crippen LogP contribution >= 0.6 is 0 Å². The Morgan fingerprint density at radius 2 is 1.95 bits per heavy atom. The van der Waals surface area contributed by atoms with Crippen LogP contribution in [-0.4, -0.2) is 15.9 Å². The molecule has 0 saturated heterocycles. The van der Waals surface area contributed by atoms with Crippen molar-refractivity contribution >= 4 is 11.6 Å². The Balaban J connectivity index is 1.75. The van der Waals surface area contributed by atoms with E-state index in [-0.39, 0.29) is 5.91 Å². The quantitative estimate of drug-likeness (QED) is 0.809. The third-order valence-corrected chi connectivity index (χ3v) is 2.92. The molecule has 2 aromatic rings. The van der Waals surface area contributed by atoms with Crippen LogP contribution in [0.25, 0.3) is 0 Å². The topological polar surface area (TPSA) is 80.9 Å². The number of carbonyl (C=O) groups is 1. The predicted molar refractivity (Wildman–Crippen MR) is 77.8 cm³/mol. The first kappa shape index (κ1) is 14.0. The fraction of sp³-hybridized carbons (Fsp3) is 0.267.